The second-order valence-electron chi connectivity index (χ2n) is 6.92. The van der Waals surface area contributed by atoms with Crippen LogP contribution in [0.5, 0.6) is 0 Å². The molecule has 0 saturated carbocycles. The number of amides is 2. The quantitative estimate of drug-likeness (QED) is 0.622. The molecule has 1 heterocycles. The highest BCUT2D eigenvalue weighted by Gasteiger charge is 2.21. The molecule has 27 heavy (non-hydrogen) atoms. The first-order valence-corrected chi connectivity index (χ1v) is 9.25. The average Bonchev–Trinajstić information content (AvgIpc) is 2.81. The maximum absolute atomic E-state index is 12.8. The minimum Gasteiger partial charge on any atom is -0.348 e. The van der Waals surface area contributed by atoms with Crippen LogP contribution in [0.1, 0.15) is 27.9 Å². The molecule has 2 aromatic rings. The number of carbonyl (C=O) groups is 2. The summed E-state index contributed by atoms with van der Waals surface area (Å²) in [6.07, 6.45) is 1.99. The number of aryl methyl sites for hydroxylation is 1. The van der Waals surface area contributed by atoms with E-state index < -0.39 is 6.04 Å². The van der Waals surface area contributed by atoms with Gasteiger partial charge in [-0.1, -0.05) is 30.3 Å². The van der Waals surface area contributed by atoms with Gasteiger partial charge >= 0.3 is 0 Å². The number of fused-ring (bicyclic) bond motifs is 1. The predicted octanol–water partition coefficient (Wildman–Crippen LogP) is 1.46. The Morgan fingerprint density at radius 2 is 2.04 bits per heavy atom. The van der Waals surface area contributed by atoms with Crippen LogP contribution in [0.3, 0.4) is 0 Å². The van der Waals surface area contributed by atoms with Crippen LogP contribution in [0.4, 0.5) is 5.69 Å². The number of rotatable bonds is 6. The highest BCUT2D eigenvalue weighted by atomic mass is 16.2. The maximum Gasteiger partial charge on any atom is 0.251 e. The molecule has 0 fully saturated rings. The van der Waals surface area contributed by atoms with E-state index in [4.69, 9.17) is 5.73 Å². The lowest BCUT2D eigenvalue weighted by atomic mass is 10.0. The molecule has 0 saturated heterocycles. The summed E-state index contributed by atoms with van der Waals surface area (Å²) in [7, 11) is 1.87. The minimum atomic E-state index is -0.513. The number of likely N-dealkylation sites (N-methyl/N-ethyl adjacent to an activating group) is 1. The van der Waals surface area contributed by atoms with Gasteiger partial charge in [0.2, 0.25) is 5.91 Å². The largest absolute Gasteiger partial charge is 0.348 e. The van der Waals surface area contributed by atoms with Crippen molar-refractivity contribution in [3.8, 4) is 0 Å². The third kappa shape index (κ3) is 4.93. The third-order valence-electron chi connectivity index (χ3n) is 4.80. The molecule has 5 N–H and O–H groups in total. The molecule has 0 radical (unpaired) electrons. The Bertz CT molecular complexity index is 807. The zero-order valence-electron chi connectivity index (χ0n) is 15.5. The number of hydrogen-bond donors (Lipinski definition) is 4. The van der Waals surface area contributed by atoms with Gasteiger partial charge in [-0.25, -0.2) is 0 Å². The molecule has 2 atom stereocenters. The fraction of sp³-hybridized carbons (Fsp3) is 0.333. The zero-order chi connectivity index (χ0) is 19.2. The first-order valence-electron chi connectivity index (χ1n) is 9.25. The third-order valence-corrected chi connectivity index (χ3v) is 4.80. The molecule has 6 nitrogen and oxygen atoms in total. The van der Waals surface area contributed by atoms with E-state index in [1.807, 2.05) is 31.3 Å². The normalized spacial score (nSPS) is 17.4. The summed E-state index contributed by atoms with van der Waals surface area (Å²) in [5.41, 5.74) is 9.28. The number of nitrogens with two attached hydrogens (primary N) is 1. The molecular formula is C21H26N4O2. The Kier molecular flexibility index (Phi) is 6.21. The highest BCUT2D eigenvalue weighted by Crippen LogP contribution is 2.23. The first-order chi connectivity index (χ1) is 13.1. The lowest BCUT2D eigenvalue weighted by molar-refractivity contribution is -0.117. The number of carbonyl (C=O) groups excluding carboxylic acids is 2. The van der Waals surface area contributed by atoms with Crippen molar-refractivity contribution in [3.63, 3.8) is 0 Å². The summed E-state index contributed by atoms with van der Waals surface area (Å²) < 4.78 is 0. The molecule has 0 spiro atoms. The van der Waals surface area contributed by atoms with Crippen molar-refractivity contribution >= 4 is 17.5 Å². The Labute approximate surface area is 159 Å². The predicted molar refractivity (Wildman–Crippen MR) is 107 cm³/mol. The van der Waals surface area contributed by atoms with Crippen molar-refractivity contribution in [2.24, 2.45) is 5.73 Å². The highest BCUT2D eigenvalue weighted by molar-refractivity contribution is 5.98. The SMILES string of the molecule is CNCC(Cc1ccccc1)NC(=O)c1ccc2c(c1)CCC(N)C(=O)N2. The van der Waals surface area contributed by atoms with Crippen LogP contribution in [0.2, 0.25) is 0 Å². The van der Waals surface area contributed by atoms with Crippen LogP contribution in [0.25, 0.3) is 0 Å². The van der Waals surface area contributed by atoms with E-state index >= 15 is 0 Å². The van der Waals surface area contributed by atoms with Crippen LogP contribution in [0, 0.1) is 0 Å². The van der Waals surface area contributed by atoms with Gasteiger partial charge in [0, 0.05) is 23.8 Å². The Balaban J connectivity index is 1.72. The van der Waals surface area contributed by atoms with Gasteiger partial charge in [-0.2, -0.15) is 0 Å². The van der Waals surface area contributed by atoms with Gasteiger partial charge in [-0.3, -0.25) is 9.59 Å². The van der Waals surface area contributed by atoms with Crippen LogP contribution in [-0.2, 0) is 17.6 Å². The van der Waals surface area contributed by atoms with E-state index in [0.29, 0.717) is 24.9 Å². The van der Waals surface area contributed by atoms with Crippen molar-refractivity contribution < 1.29 is 9.59 Å². The fourth-order valence-electron chi connectivity index (χ4n) is 3.32. The van der Waals surface area contributed by atoms with E-state index in [1.165, 1.54) is 5.56 Å². The monoisotopic (exact) mass is 366 g/mol. The summed E-state index contributed by atoms with van der Waals surface area (Å²) in [4.78, 5) is 24.6. The van der Waals surface area contributed by atoms with Crippen molar-refractivity contribution in [3.05, 3.63) is 65.2 Å². The summed E-state index contributed by atoms with van der Waals surface area (Å²) in [6.45, 7) is 0.677. The smallest absolute Gasteiger partial charge is 0.251 e. The number of benzene rings is 2. The lowest BCUT2D eigenvalue weighted by Gasteiger charge is -2.19. The standard InChI is InChI=1S/C21H26N4O2/c1-23-13-17(11-14-5-3-2-4-6-14)24-20(26)16-8-10-19-15(12-16)7-9-18(22)21(27)25-19/h2-6,8,10,12,17-18,23H,7,9,11,13,22H2,1H3,(H,24,26)(H,25,27). The van der Waals surface area contributed by atoms with E-state index in [0.717, 1.165) is 17.7 Å². The number of hydrogen-bond acceptors (Lipinski definition) is 4. The van der Waals surface area contributed by atoms with Gasteiger partial charge in [0.25, 0.3) is 5.91 Å². The van der Waals surface area contributed by atoms with Gasteiger partial charge in [-0.05, 0) is 55.6 Å². The topological polar surface area (TPSA) is 96.2 Å². The van der Waals surface area contributed by atoms with E-state index in [9.17, 15) is 9.59 Å². The molecule has 6 heteroatoms. The van der Waals surface area contributed by atoms with Crippen LogP contribution in [-0.4, -0.2) is 37.5 Å². The van der Waals surface area contributed by atoms with Crippen LogP contribution >= 0.6 is 0 Å². The Morgan fingerprint density at radius 3 is 2.78 bits per heavy atom. The molecule has 1 aliphatic rings. The molecule has 3 rings (SSSR count). The van der Waals surface area contributed by atoms with E-state index in [1.54, 1.807) is 12.1 Å². The van der Waals surface area contributed by atoms with Gasteiger partial charge in [0.1, 0.15) is 0 Å². The molecule has 0 aromatic heterocycles. The molecule has 142 valence electrons. The van der Waals surface area contributed by atoms with Crippen molar-refractivity contribution in [2.75, 3.05) is 18.9 Å². The van der Waals surface area contributed by atoms with Gasteiger partial charge in [0.15, 0.2) is 0 Å². The number of anilines is 1. The fourth-order valence-corrected chi connectivity index (χ4v) is 3.32. The van der Waals surface area contributed by atoms with Gasteiger partial charge in [-0.15, -0.1) is 0 Å². The Morgan fingerprint density at radius 1 is 1.26 bits per heavy atom. The second-order valence-corrected chi connectivity index (χ2v) is 6.92. The molecular weight excluding hydrogens is 340 g/mol. The molecule has 0 aliphatic carbocycles. The number of nitrogens with one attached hydrogen (secondary N) is 3. The molecule has 0 bridgehead atoms. The van der Waals surface area contributed by atoms with Crippen LogP contribution in [0.15, 0.2) is 48.5 Å². The molecule has 2 unspecified atom stereocenters. The van der Waals surface area contributed by atoms with Crippen LogP contribution < -0.4 is 21.7 Å². The van der Waals surface area contributed by atoms with Gasteiger partial charge in [0.05, 0.1) is 6.04 Å². The second kappa shape index (κ2) is 8.79. The first kappa shape index (κ1) is 19.1. The molecule has 2 amide bonds. The molecule has 2 aromatic carbocycles. The minimum absolute atomic E-state index is 0.0168. The van der Waals surface area contributed by atoms with E-state index in [-0.39, 0.29) is 17.9 Å². The Hall–Kier alpha value is -2.70. The summed E-state index contributed by atoms with van der Waals surface area (Å²) >= 11 is 0. The summed E-state index contributed by atoms with van der Waals surface area (Å²) in [5, 5.41) is 9.07. The summed E-state index contributed by atoms with van der Waals surface area (Å²) in [6, 6.07) is 14.9. The van der Waals surface area contributed by atoms with Crippen molar-refractivity contribution in [1.82, 2.24) is 10.6 Å². The zero-order valence-corrected chi connectivity index (χ0v) is 15.5. The maximum atomic E-state index is 12.8. The summed E-state index contributed by atoms with van der Waals surface area (Å²) in [5.74, 6) is -0.295. The molecule has 1 aliphatic heterocycles. The average molecular weight is 366 g/mol. The van der Waals surface area contributed by atoms with Gasteiger partial charge < -0.3 is 21.7 Å². The van der Waals surface area contributed by atoms with Crippen molar-refractivity contribution in [2.45, 2.75) is 31.3 Å². The van der Waals surface area contributed by atoms with Crippen molar-refractivity contribution in [1.29, 1.82) is 0 Å². The van der Waals surface area contributed by atoms with E-state index in [2.05, 4.69) is 28.1 Å². The lowest BCUT2D eigenvalue weighted by Crippen LogP contribution is -2.42.